The van der Waals surface area contributed by atoms with Gasteiger partial charge in [0.25, 0.3) is 0 Å². The smallest absolute Gasteiger partial charge is 0.311 e. The Hall–Kier alpha value is -0.530. The van der Waals surface area contributed by atoms with E-state index < -0.39 is 0 Å². The van der Waals surface area contributed by atoms with Gasteiger partial charge in [0.15, 0.2) is 0 Å². The molecule has 0 saturated heterocycles. The fourth-order valence-corrected chi connectivity index (χ4v) is 4.67. The van der Waals surface area contributed by atoms with Crippen molar-refractivity contribution in [2.75, 3.05) is 6.61 Å². The highest BCUT2D eigenvalue weighted by Crippen LogP contribution is 2.33. The molecule has 1 atom stereocenters. The number of carbonyl (C=O) groups is 1. The van der Waals surface area contributed by atoms with Gasteiger partial charge in [-0.2, -0.15) is 0 Å². The van der Waals surface area contributed by atoms with Crippen LogP contribution in [0.25, 0.3) is 0 Å². The molecule has 0 rings (SSSR count). The summed E-state index contributed by atoms with van der Waals surface area (Å²) >= 11 is 0. The average Bonchev–Trinajstić information content (AvgIpc) is 2.79. The molecule has 2 heteroatoms. The van der Waals surface area contributed by atoms with Crippen molar-refractivity contribution < 1.29 is 9.53 Å². The first kappa shape index (κ1) is 31.5. The number of esters is 1. The van der Waals surface area contributed by atoms with Crippen molar-refractivity contribution in [1.29, 1.82) is 0 Å². The molecule has 0 spiro atoms. The van der Waals surface area contributed by atoms with Gasteiger partial charge >= 0.3 is 5.97 Å². The Labute approximate surface area is 203 Å². The highest BCUT2D eigenvalue weighted by Gasteiger charge is 2.33. The molecule has 192 valence electrons. The van der Waals surface area contributed by atoms with Gasteiger partial charge < -0.3 is 4.74 Å². The number of hydrogen-bond acceptors (Lipinski definition) is 2. The first-order valence-electron chi connectivity index (χ1n) is 14.8. The molecule has 0 N–H and O–H groups in total. The van der Waals surface area contributed by atoms with Crippen molar-refractivity contribution >= 4 is 5.97 Å². The minimum atomic E-state index is -0.269. The number of unbranched alkanes of at least 4 members (excludes halogenated alkanes) is 18. The first-order valence-corrected chi connectivity index (χ1v) is 14.8. The lowest BCUT2D eigenvalue weighted by molar-refractivity contribution is -0.156. The fraction of sp³-hybridized carbons (Fsp3) is 0.967. The molecule has 0 aliphatic carbocycles. The quantitative estimate of drug-likeness (QED) is 0.102. The predicted molar refractivity (Wildman–Crippen MR) is 142 cm³/mol. The van der Waals surface area contributed by atoms with Crippen LogP contribution >= 0.6 is 0 Å². The molecule has 0 heterocycles. The highest BCUT2D eigenvalue weighted by molar-refractivity contribution is 5.76. The summed E-state index contributed by atoms with van der Waals surface area (Å²) in [7, 11) is 0. The summed E-state index contributed by atoms with van der Waals surface area (Å²) in [5.74, 6) is 0.0801. The Bertz CT molecular complexity index is 392. The van der Waals surface area contributed by atoms with Crippen LogP contribution in [0.15, 0.2) is 0 Å². The maximum Gasteiger partial charge on any atom is 0.311 e. The van der Waals surface area contributed by atoms with Crippen LogP contribution in [-0.4, -0.2) is 12.6 Å². The van der Waals surface area contributed by atoms with E-state index in [1.165, 1.54) is 122 Å². The molecule has 0 radical (unpaired) electrons. The van der Waals surface area contributed by atoms with Crippen molar-refractivity contribution in [3.63, 3.8) is 0 Å². The molecule has 0 amide bonds. The van der Waals surface area contributed by atoms with E-state index in [-0.39, 0.29) is 11.4 Å². The summed E-state index contributed by atoms with van der Waals surface area (Å²) in [5.41, 5.74) is -0.269. The molecule has 0 aromatic carbocycles. The highest BCUT2D eigenvalue weighted by atomic mass is 16.5. The molecule has 0 aliphatic rings. The summed E-state index contributed by atoms with van der Waals surface area (Å²) < 4.78 is 5.81. The van der Waals surface area contributed by atoms with Crippen LogP contribution in [0.3, 0.4) is 0 Å². The van der Waals surface area contributed by atoms with Gasteiger partial charge in [0.2, 0.25) is 0 Å². The molecule has 2 nitrogen and oxygen atoms in total. The molecule has 0 bridgehead atoms. The maximum absolute atomic E-state index is 13.0. The minimum absolute atomic E-state index is 0.0801. The second kappa shape index (κ2) is 23.6. The van der Waals surface area contributed by atoms with Crippen LogP contribution < -0.4 is 0 Å². The van der Waals surface area contributed by atoms with E-state index in [0.717, 1.165) is 25.7 Å². The second-order valence-electron chi connectivity index (χ2n) is 10.6. The van der Waals surface area contributed by atoms with Crippen molar-refractivity contribution in [2.45, 2.75) is 175 Å². The molecule has 32 heavy (non-hydrogen) atoms. The molecule has 1 unspecified atom stereocenters. The van der Waals surface area contributed by atoms with Gasteiger partial charge in [-0.25, -0.2) is 0 Å². The molecular formula is C30H60O2. The van der Waals surface area contributed by atoms with E-state index in [2.05, 4.69) is 27.7 Å². The zero-order valence-electron chi connectivity index (χ0n) is 22.8. The standard InChI is InChI=1S/C30H60O2/c1-5-8-11-14-16-18-20-22-25-28-32-29(31)30(4,26-23-13-10-7-3)27-24-21-19-17-15-12-9-6-2/h5-28H2,1-4H3. The summed E-state index contributed by atoms with van der Waals surface area (Å²) in [5, 5.41) is 0. The zero-order chi connectivity index (χ0) is 23.8. The van der Waals surface area contributed by atoms with E-state index in [9.17, 15) is 4.79 Å². The van der Waals surface area contributed by atoms with Gasteiger partial charge in [-0.05, 0) is 26.2 Å². The number of hydrogen-bond donors (Lipinski definition) is 0. The SMILES string of the molecule is CCCCCCCCCCCOC(=O)C(C)(CCCCCC)CCCCCCCCCC. The summed E-state index contributed by atoms with van der Waals surface area (Å²) in [6, 6.07) is 0. The van der Waals surface area contributed by atoms with Crippen molar-refractivity contribution in [3.8, 4) is 0 Å². The number of ether oxygens (including phenoxy) is 1. The van der Waals surface area contributed by atoms with E-state index in [1.807, 2.05) is 0 Å². The second-order valence-corrected chi connectivity index (χ2v) is 10.6. The van der Waals surface area contributed by atoms with Crippen LogP contribution in [0.4, 0.5) is 0 Å². The van der Waals surface area contributed by atoms with Crippen LogP contribution in [0.1, 0.15) is 175 Å². The van der Waals surface area contributed by atoms with Crippen molar-refractivity contribution in [1.82, 2.24) is 0 Å². The molecule has 0 aromatic rings. The Morgan fingerprint density at radius 3 is 1.22 bits per heavy atom. The van der Waals surface area contributed by atoms with Crippen LogP contribution in [0.2, 0.25) is 0 Å². The van der Waals surface area contributed by atoms with Crippen LogP contribution in [0.5, 0.6) is 0 Å². The first-order chi connectivity index (χ1) is 15.6. The monoisotopic (exact) mass is 452 g/mol. The maximum atomic E-state index is 13.0. The Morgan fingerprint density at radius 1 is 0.500 bits per heavy atom. The van der Waals surface area contributed by atoms with Gasteiger partial charge in [0.1, 0.15) is 0 Å². The summed E-state index contributed by atoms with van der Waals surface area (Å²) in [6.45, 7) is 9.60. The summed E-state index contributed by atoms with van der Waals surface area (Å²) in [4.78, 5) is 13.0. The third kappa shape index (κ3) is 19.0. The fourth-order valence-electron chi connectivity index (χ4n) is 4.67. The largest absolute Gasteiger partial charge is 0.465 e. The van der Waals surface area contributed by atoms with Gasteiger partial charge in [0.05, 0.1) is 12.0 Å². The minimum Gasteiger partial charge on any atom is -0.465 e. The Kier molecular flexibility index (Phi) is 23.2. The van der Waals surface area contributed by atoms with E-state index >= 15 is 0 Å². The van der Waals surface area contributed by atoms with Crippen molar-refractivity contribution in [2.24, 2.45) is 5.41 Å². The lowest BCUT2D eigenvalue weighted by atomic mass is 9.79. The molecule has 0 fully saturated rings. The number of carbonyl (C=O) groups excluding carboxylic acids is 1. The zero-order valence-corrected chi connectivity index (χ0v) is 22.8. The average molecular weight is 453 g/mol. The van der Waals surface area contributed by atoms with E-state index in [4.69, 9.17) is 4.74 Å². The van der Waals surface area contributed by atoms with Gasteiger partial charge in [-0.3, -0.25) is 4.79 Å². The van der Waals surface area contributed by atoms with Crippen LogP contribution in [-0.2, 0) is 9.53 Å². The van der Waals surface area contributed by atoms with Crippen molar-refractivity contribution in [3.05, 3.63) is 0 Å². The topological polar surface area (TPSA) is 26.3 Å². The predicted octanol–water partition coefficient (Wildman–Crippen LogP) is 10.6. The third-order valence-electron chi connectivity index (χ3n) is 7.14. The van der Waals surface area contributed by atoms with E-state index in [0.29, 0.717) is 6.61 Å². The lowest BCUT2D eigenvalue weighted by Gasteiger charge is -2.27. The number of rotatable bonds is 25. The Balaban J connectivity index is 4.10. The molecule has 0 aliphatic heterocycles. The molecule has 0 saturated carbocycles. The van der Waals surface area contributed by atoms with Crippen LogP contribution in [0, 0.1) is 5.41 Å². The lowest BCUT2D eigenvalue weighted by Crippen LogP contribution is -2.30. The molecule has 0 aromatic heterocycles. The van der Waals surface area contributed by atoms with Gasteiger partial charge in [0, 0.05) is 0 Å². The Morgan fingerprint density at radius 2 is 0.812 bits per heavy atom. The third-order valence-corrected chi connectivity index (χ3v) is 7.14. The van der Waals surface area contributed by atoms with Gasteiger partial charge in [-0.1, -0.05) is 149 Å². The van der Waals surface area contributed by atoms with Gasteiger partial charge in [-0.15, -0.1) is 0 Å². The normalized spacial score (nSPS) is 13.2. The molecular weight excluding hydrogens is 392 g/mol. The summed E-state index contributed by atoms with van der Waals surface area (Å²) in [6.07, 6.45) is 29.2. The van der Waals surface area contributed by atoms with E-state index in [1.54, 1.807) is 0 Å².